The summed E-state index contributed by atoms with van der Waals surface area (Å²) in [5.41, 5.74) is 3.13. The van der Waals surface area contributed by atoms with Crippen molar-refractivity contribution in [1.82, 2.24) is 4.98 Å². The van der Waals surface area contributed by atoms with Gasteiger partial charge in [0.15, 0.2) is 12.7 Å². The van der Waals surface area contributed by atoms with Crippen molar-refractivity contribution in [3.63, 3.8) is 0 Å². The zero-order valence-electron chi connectivity index (χ0n) is 12.8. The van der Waals surface area contributed by atoms with Crippen LogP contribution in [0.15, 0.2) is 73.1 Å². The van der Waals surface area contributed by atoms with Crippen molar-refractivity contribution in [1.29, 1.82) is 0 Å². The Morgan fingerprint density at radius 2 is 1.71 bits per heavy atom. The van der Waals surface area contributed by atoms with E-state index in [1.807, 2.05) is 24.4 Å². The normalized spacial score (nSPS) is 11.0. The fraction of sp³-hybridized carbons (Fsp3) is 0.0526. The number of pyridine rings is 2. The van der Waals surface area contributed by atoms with Crippen molar-refractivity contribution >= 4 is 27.5 Å². The Morgan fingerprint density at radius 3 is 2.50 bits per heavy atom. The van der Waals surface area contributed by atoms with Gasteiger partial charge in [0.25, 0.3) is 5.69 Å². The van der Waals surface area contributed by atoms with Gasteiger partial charge in [-0.1, -0.05) is 12.1 Å². The van der Waals surface area contributed by atoms with Gasteiger partial charge in [0.2, 0.25) is 5.52 Å². The van der Waals surface area contributed by atoms with Gasteiger partial charge < -0.3 is 0 Å². The lowest BCUT2D eigenvalue weighted by Gasteiger charge is -2.04. The number of aromatic nitrogens is 2. The summed E-state index contributed by atoms with van der Waals surface area (Å²) in [6.07, 6.45) is 3.81. The topological polar surface area (TPSA) is 59.9 Å². The Hall–Kier alpha value is -3.34. The molecule has 0 aliphatic heterocycles. The first-order valence-corrected chi connectivity index (χ1v) is 7.61. The molecule has 0 atom stereocenters. The van der Waals surface area contributed by atoms with E-state index in [1.165, 1.54) is 12.1 Å². The number of nitrogens with zero attached hydrogens (tertiary/aromatic N) is 3. The lowest BCUT2D eigenvalue weighted by atomic mass is 10.1. The van der Waals surface area contributed by atoms with Crippen LogP contribution in [0.25, 0.3) is 21.8 Å². The van der Waals surface area contributed by atoms with Gasteiger partial charge in [-0.15, -0.1) is 0 Å². The van der Waals surface area contributed by atoms with Gasteiger partial charge in [0.1, 0.15) is 5.52 Å². The molecule has 0 fully saturated rings. The quantitative estimate of drug-likeness (QED) is 0.251. The molecule has 0 N–H and O–H groups in total. The molecule has 2 heterocycles. The summed E-state index contributed by atoms with van der Waals surface area (Å²) in [5, 5.41) is 13.0. The van der Waals surface area contributed by atoms with Crippen molar-refractivity contribution in [3.8, 4) is 0 Å². The van der Waals surface area contributed by atoms with Crippen LogP contribution in [0.4, 0.5) is 5.69 Å². The second-order valence-electron chi connectivity index (χ2n) is 5.64. The third-order valence-corrected chi connectivity index (χ3v) is 4.11. The summed E-state index contributed by atoms with van der Waals surface area (Å²) >= 11 is 0. The number of nitro benzene ring substituents is 1. The number of hydrogen-bond acceptors (Lipinski definition) is 3. The minimum atomic E-state index is -0.383. The van der Waals surface area contributed by atoms with Crippen molar-refractivity contribution in [2.45, 2.75) is 6.54 Å². The van der Waals surface area contributed by atoms with Crippen LogP contribution in [0.2, 0.25) is 0 Å². The first kappa shape index (κ1) is 14.3. The third-order valence-electron chi connectivity index (χ3n) is 4.11. The van der Waals surface area contributed by atoms with E-state index in [2.05, 4.69) is 27.8 Å². The highest BCUT2D eigenvalue weighted by atomic mass is 16.6. The van der Waals surface area contributed by atoms with E-state index in [0.29, 0.717) is 6.54 Å². The smallest absolute Gasteiger partial charge is 0.258 e. The van der Waals surface area contributed by atoms with Crippen molar-refractivity contribution in [2.75, 3.05) is 0 Å². The molecular weight excluding hydrogens is 302 g/mol. The maximum atomic E-state index is 10.8. The van der Waals surface area contributed by atoms with E-state index in [-0.39, 0.29) is 10.6 Å². The second kappa shape index (κ2) is 5.70. The number of non-ortho nitro benzene ring substituents is 1. The van der Waals surface area contributed by atoms with E-state index in [0.717, 1.165) is 27.4 Å². The predicted octanol–water partition coefficient (Wildman–Crippen LogP) is 3.63. The summed E-state index contributed by atoms with van der Waals surface area (Å²) in [6.45, 7) is 0.630. The molecule has 0 saturated heterocycles. The van der Waals surface area contributed by atoms with Crippen molar-refractivity contribution in [2.24, 2.45) is 0 Å². The number of nitro groups is 1. The van der Waals surface area contributed by atoms with E-state index in [4.69, 9.17) is 0 Å². The van der Waals surface area contributed by atoms with Crippen LogP contribution in [-0.4, -0.2) is 9.91 Å². The molecular formula is C19H14N3O2+. The number of hydrogen-bond donors (Lipinski definition) is 0. The molecule has 0 unspecified atom stereocenters. The minimum Gasteiger partial charge on any atom is -0.258 e. The zero-order valence-corrected chi connectivity index (χ0v) is 12.8. The summed E-state index contributed by atoms with van der Waals surface area (Å²) in [4.78, 5) is 14.9. The van der Waals surface area contributed by atoms with E-state index in [1.54, 1.807) is 18.3 Å². The van der Waals surface area contributed by atoms with E-state index < -0.39 is 0 Å². The molecule has 0 spiro atoms. The summed E-state index contributed by atoms with van der Waals surface area (Å²) in [5.74, 6) is 0. The summed E-state index contributed by atoms with van der Waals surface area (Å²) in [7, 11) is 0. The van der Waals surface area contributed by atoms with Gasteiger partial charge in [0, 0.05) is 40.7 Å². The van der Waals surface area contributed by atoms with Gasteiger partial charge in [-0.2, -0.15) is 4.57 Å². The molecule has 0 amide bonds. The lowest BCUT2D eigenvalue weighted by Crippen LogP contribution is -2.34. The van der Waals surface area contributed by atoms with Gasteiger partial charge in [-0.3, -0.25) is 10.1 Å². The number of rotatable bonds is 3. The predicted molar refractivity (Wildman–Crippen MR) is 91.6 cm³/mol. The maximum Gasteiger partial charge on any atom is 0.269 e. The number of benzene rings is 2. The second-order valence-corrected chi connectivity index (χ2v) is 5.64. The van der Waals surface area contributed by atoms with Crippen LogP contribution < -0.4 is 4.57 Å². The van der Waals surface area contributed by atoms with Crippen LogP contribution >= 0.6 is 0 Å². The molecule has 4 aromatic rings. The van der Waals surface area contributed by atoms with Crippen LogP contribution in [0.1, 0.15) is 5.56 Å². The molecule has 0 aliphatic carbocycles. The highest BCUT2D eigenvalue weighted by molar-refractivity contribution is 6.00. The van der Waals surface area contributed by atoms with E-state index >= 15 is 0 Å². The molecule has 24 heavy (non-hydrogen) atoms. The van der Waals surface area contributed by atoms with Gasteiger partial charge in [-0.25, -0.2) is 4.98 Å². The highest BCUT2D eigenvalue weighted by Gasteiger charge is 2.14. The van der Waals surface area contributed by atoms with Crippen LogP contribution in [0, 0.1) is 10.1 Å². The Kier molecular flexibility index (Phi) is 3.39. The lowest BCUT2D eigenvalue weighted by molar-refractivity contribution is -0.661. The SMILES string of the molecule is O=[N+]([O-])c1ccc(C[n+]2cccc3ccc4cccnc4c32)cc1. The Labute approximate surface area is 138 Å². The highest BCUT2D eigenvalue weighted by Crippen LogP contribution is 2.20. The molecule has 2 aromatic heterocycles. The molecule has 2 aromatic carbocycles. The molecule has 5 heteroatoms. The standard InChI is InChI=1S/C19H14N3O2/c23-22(24)17-9-5-14(6-10-17)13-21-12-2-4-16-8-7-15-3-1-11-20-18(15)19(16)21/h1-12H,13H2/q+1. The molecule has 0 bridgehead atoms. The fourth-order valence-electron chi connectivity index (χ4n) is 2.96. The van der Waals surface area contributed by atoms with Gasteiger partial charge in [-0.05, 0) is 30.3 Å². The summed E-state index contributed by atoms with van der Waals surface area (Å²) in [6, 6.07) is 18.9. The summed E-state index contributed by atoms with van der Waals surface area (Å²) < 4.78 is 2.13. The Bertz CT molecular complexity index is 1060. The Morgan fingerprint density at radius 1 is 0.958 bits per heavy atom. The van der Waals surface area contributed by atoms with Crippen molar-refractivity contribution in [3.05, 3.63) is 88.7 Å². The first-order valence-electron chi connectivity index (χ1n) is 7.61. The molecule has 116 valence electrons. The Balaban J connectivity index is 1.84. The van der Waals surface area contributed by atoms with Crippen LogP contribution in [-0.2, 0) is 6.54 Å². The average molecular weight is 316 g/mol. The van der Waals surface area contributed by atoms with Gasteiger partial charge >= 0.3 is 0 Å². The van der Waals surface area contributed by atoms with E-state index in [9.17, 15) is 10.1 Å². The minimum absolute atomic E-state index is 0.105. The fourth-order valence-corrected chi connectivity index (χ4v) is 2.96. The molecule has 0 saturated carbocycles. The van der Waals surface area contributed by atoms with Crippen LogP contribution in [0.5, 0.6) is 0 Å². The van der Waals surface area contributed by atoms with Crippen molar-refractivity contribution < 1.29 is 9.49 Å². The largest absolute Gasteiger partial charge is 0.269 e. The molecule has 5 nitrogen and oxygen atoms in total. The van der Waals surface area contributed by atoms with Crippen LogP contribution in [0.3, 0.4) is 0 Å². The molecule has 0 aliphatic rings. The number of fused-ring (bicyclic) bond motifs is 3. The third kappa shape index (κ3) is 2.46. The zero-order chi connectivity index (χ0) is 16.5. The van der Waals surface area contributed by atoms with Gasteiger partial charge in [0.05, 0.1) is 4.92 Å². The molecule has 0 radical (unpaired) electrons. The maximum absolute atomic E-state index is 10.8. The molecule has 4 rings (SSSR count). The first-order chi connectivity index (χ1) is 11.7. The average Bonchev–Trinajstić information content (AvgIpc) is 2.62. The monoisotopic (exact) mass is 316 g/mol.